The first-order valence-corrected chi connectivity index (χ1v) is 15.9. The van der Waals surface area contributed by atoms with Gasteiger partial charge in [-0.1, -0.05) is 62.2 Å². The molecule has 1 aliphatic heterocycles. The third kappa shape index (κ3) is 7.91. The van der Waals surface area contributed by atoms with E-state index < -0.39 is 52.3 Å². The van der Waals surface area contributed by atoms with Gasteiger partial charge < -0.3 is 30.0 Å². The zero-order chi connectivity index (χ0) is 35.2. The first-order chi connectivity index (χ1) is 22.8. The zero-order valence-electron chi connectivity index (χ0n) is 26.9. The molecule has 0 aromatic heterocycles. The number of ether oxygens (including phenoxy) is 3. The molecule has 0 saturated carbocycles. The van der Waals surface area contributed by atoms with Crippen molar-refractivity contribution in [1.29, 1.82) is 5.26 Å². The van der Waals surface area contributed by atoms with Gasteiger partial charge >= 0.3 is 5.97 Å². The van der Waals surface area contributed by atoms with Crippen molar-refractivity contribution in [3.05, 3.63) is 93.0 Å². The highest BCUT2D eigenvalue weighted by Crippen LogP contribution is 2.53. The number of hydrogen-bond acceptors (Lipinski definition) is 8. The third-order valence-electron chi connectivity index (χ3n) is 8.12. The van der Waals surface area contributed by atoms with E-state index in [0.717, 1.165) is 6.07 Å². The minimum atomic E-state index is -1.80. The fourth-order valence-corrected chi connectivity index (χ4v) is 6.47. The number of carbonyl (C=O) groups is 2. The van der Waals surface area contributed by atoms with E-state index in [-0.39, 0.29) is 64.6 Å². The van der Waals surface area contributed by atoms with Crippen LogP contribution in [0.1, 0.15) is 54.6 Å². The van der Waals surface area contributed by atoms with Crippen molar-refractivity contribution in [2.24, 2.45) is 5.41 Å². The Bertz CT molecular complexity index is 1700. The summed E-state index contributed by atoms with van der Waals surface area (Å²) in [7, 11) is 1.35. The Balaban J connectivity index is 1.78. The number of anilines is 1. The molecule has 48 heavy (non-hydrogen) atoms. The lowest BCUT2D eigenvalue weighted by Gasteiger charge is -2.37. The maximum Gasteiger partial charge on any atom is 0.338 e. The normalized spacial score (nSPS) is 20.6. The van der Waals surface area contributed by atoms with Gasteiger partial charge in [-0.05, 0) is 53.8 Å². The average molecular weight is 705 g/mol. The van der Waals surface area contributed by atoms with E-state index in [9.17, 15) is 14.9 Å². The molecule has 0 aliphatic carbocycles. The van der Waals surface area contributed by atoms with Crippen LogP contribution in [0.25, 0.3) is 0 Å². The van der Waals surface area contributed by atoms with Gasteiger partial charge in [-0.3, -0.25) is 4.79 Å². The Morgan fingerprint density at radius 1 is 1.08 bits per heavy atom. The summed E-state index contributed by atoms with van der Waals surface area (Å²) in [5, 5.41) is 25.8. The second-order valence-corrected chi connectivity index (χ2v) is 13.4. The molecule has 1 amide bonds. The Labute approximate surface area is 288 Å². The van der Waals surface area contributed by atoms with Gasteiger partial charge in [0.1, 0.15) is 29.4 Å². The quantitative estimate of drug-likeness (QED) is 0.146. The number of nitrogens with one attached hydrogen (secondary N) is 2. The van der Waals surface area contributed by atoms with Crippen LogP contribution in [-0.2, 0) is 19.7 Å². The number of carbonyl (C=O) groups excluding carboxylic acids is 2. The molecule has 0 radical (unpaired) electrons. The molecule has 4 rings (SSSR count). The summed E-state index contributed by atoms with van der Waals surface area (Å²) in [4.78, 5) is 26.9. The third-order valence-corrected chi connectivity index (χ3v) is 8.65. The van der Waals surface area contributed by atoms with Gasteiger partial charge in [-0.15, -0.1) is 0 Å². The lowest BCUT2D eigenvalue weighted by molar-refractivity contribution is -0.118. The van der Waals surface area contributed by atoms with Crippen molar-refractivity contribution in [1.82, 2.24) is 5.32 Å². The fraction of sp³-hybridized carbons (Fsp3) is 0.400. The van der Waals surface area contributed by atoms with Crippen LogP contribution in [-0.4, -0.2) is 62.6 Å². The first-order valence-electron chi connectivity index (χ1n) is 15.2. The Morgan fingerprint density at radius 3 is 2.48 bits per heavy atom. The summed E-state index contributed by atoms with van der Waals surface area (Å²) in [6, 6.07) is 12.7. The number of halogens is 4. The zero-order valence-corrected chi connectivity index (χ0v) is 28.4. The summed E-state index contributed by atoms with van der Waals surface area (Å²) in [6.45, 7) is 5.84. The number of nitrogens with zero attached hydrogens (tertiary/aromatic N) is 1. The van der Waals surface area contributed by atoms with Crippen LogP contribution in [0.4, 0.5) is 14.5 Å². The highest BCUT2D eigenvalue weighted by atomic mass is 35.5. The second kappa shape index (κ2) is 15.6. The van der Waals surface area contributed by atoms with Crippen LogP contribution in [0.3, 0.4) is 0 Å². The maximum atomic E-state index is 15.9. The number of rotatable bonds is 12. The van der Waals surface area contributed by atoms with Crippen LogP contribution < -0.4 is 15.4 Å². The molecule has 4 atom stereocenters. The standard InChI is InChI=1S/C35H37Cl2F2N3O6/c1-34(2,3)18-28-35(19-40,23-10-9-21(36)17-25(23)38)29(22-6-5-7-24(37)30(22)39)31(42-28)32(44)41-26-11-8-20(16-27(26)46-4)33(45)48-15-14-47-13-12-43/h5-11,16-17,28-29,31,42-43H,12-15,18H2,1-4H3,(H,41,44). The maximum absolute atomic E-state index is 15.9. The number of aliphatic hydroxyl groups excluding tert-OH is 1. The number of nitriles is 1. The molecule has 0 bridgehead atoms. The second-order valence-electron chi connectivity index (χ2n) is 12.6. The SMILES string of the molecule is COc1cc(C(=O)OCCOCCO)ccc1NC(=O)C1NC(CC(C)(C)C)C(C#N)(c2ccc(Cl)cc2F)C1c1cccc(Cl)c1F. The van der Waals surface area contributed by atoms with E-state index >= 15 is 8.78 Å². The van der Waals surface area contributed by atoms with Crippen LogP contribution in [0, 0.1) is 28.4 Å². The topological polar surface area (TPSA) is 130 Å². The van der Waals surface area contributed by atoms with Gasteiger partial charge in [0, 0.05) is 22.5 Å². The minimum Gasteiger partial charge on any atom is -0.495 e. The predicted octanol–water partition coefficient (Wildman–Crippen LogP) is 6.41. The van der Waals surface area contributed by atoms with Crippen molar-refractivity contribution < 1.29 is 37.7 Å². The van der Waals surface area contributed by atoms with E-state index in [2.05, 4.69) is 16.7 Å². The number of hydrogen-bond donors (Lipinski definition) is 3. The van der Waals surface area contributed by atoms with Gasteiger partial charge in [0.15, 0.2) is 0 Å². The van der Waals surface area contributed by atoms with Crippen LogP contribution >= 0.6 is 23.2 Å². The molecule has 13 heteroatoms. The molecular formula is C35H37Cl2F2N3O6. The van der Waals surface area contributed by atoms with Crippen molar-refractivity contribution >= 4 is 40.8 Å². The van der Waals surface area contributed by atoms with E-state index in [4.69, 9.17) is 42.5 Å². The Hall–Kier alpha value is -3.79. The number of aliphatic hydroxyl groups is 1. The average Bonchev–Trinajstić information content (AvgIpc) is 3.35. The van der Waals surface area contributed by atoms with Crippen molar-refractivity contribution in [2.45, 2.75) is 50.6 Å². The molecule has 256 valence electrons. The van der Waals surface area contributed by atoms with Gasteiger partial charge in [0.2, 0.25) is 5.91 Å². The number of methoxy groups -OCH3 is 1. The Kier molecular flexibility index (Phi) is 12.1. The molecule has 1 fully saturated rings. The molecule has 1 aliphatic rings. The number of amides is 1. The molecule has 0 spiro atoms. The highest BCUT2D eigenvalue weighted by Gasteiger charge is 2.61. The molecule has 3 aromatic carbocycles. The van der Waals surface area contributed by atoms with Crippen LogP contribution in [0.2, 0.25) is 10.0 Å². The number of benzene rings is 3. The van der Waals surface area contributed by atoms with E-state index in [1.807, 2.05) is 20.8 Å². The van der Waals surface area contributed by atoms with E-state index in [1.165, 1.54) is 55.6 Å². The van der Waals surface area contributed by atoms with Crippen LogP contribution in [0.15, 0.2) is 54.6 Å². The highest BCUT2D eigenvalue weighted by molar-refractivity contribution is 6.31. The molecule has 3 N–H and O–H groups in total. The smallest absolute Gasteiger partial charge is 0.338 e. The largest absolute Gasteiger partial charge is 0.495 e. The van der Waals surface area contributed by atoms with Gasteiger partial charge in [-0.2, -0.15) is 5.26 Å². The Morgan fingerprint density at radius 2 is 1.83 bits per heavy atom. The molecule has 4 unspecified atom stereocenters. The number of esters is 1. The summed E-state index contributed by atoms with van der Waals surface area (Å²) >= 11 is 12.3. The summed E-state index contributed by atoms with van der Waals surface area (Å²) in [5.41, 5.74) is -1.99. The van der Waals surface area contributed by atoms with E-state index in [1.54, 1.807) is 0 Å². The summed E-state index contributed by atoms with van der Waals surface area (Å²) in [6.07, 6.45) is 0.302. The lowest BCUT2D eigenvalue weighted by atomic mass is 9.62. The van der Waals surface area contributed by atoms with Gasteiger partial charge in [-0.25, -0.2) is 13.6 Å². The summed E-state index contributed by atoms with van der Waals surface area (Å²) in [5.74, 6) is -4.09. The lowest BCUT2D eigenvalue weighted by Crippen LogP contribution is -2.45. The van der Waals surface area contributed by atoms with E-state index in [0.29, 0.717) is 6.42 Å². The van der Waals surface area contributed by atoms with Crippen molar-refractivity contribution in [2.75, 3.05) is 38.9 Å². The summed E-state index contributed by atoms with van der Waals surface area (Å²) < 4.78 is 47.5. The first kappa shape index (κ1) is 37.0. The van der Waals surface area contributed by atoms with Gasteiger partial charge in [0.05, 0.1) is 55.3 Å². The predicted molar refractivity (Wildman–Crippen MR) is 177 cm³/mol. The molecule has 9 nitrogen and oxygen atoms in total. The van der Waals surface area contributed by atoms with Crippen LogP contribution in [0.5, 0.6) is 5.75 Å². The fourth-order valence-electron chi connectivity index (χ4n) is 6.13. The monoisotopic (exact) mass is 703 g/mol. The molecule has 1 saturated heterocycles. The minimum absolute atomic E-state index is 0.0426. The van der Waals surface area contributed by atoms with Crippen molar-refractivity contribution in [3.63, 3.8) is 0 Å². The van der Waals surface area contributed by atoms with Crippen molar-refractivity contribution in [3.8, 4) is 11.8 Å². The van der Waals surface area contributed by atoms with Gasteiger partial charge in [0.25, 0.3) is 0 Å². The molecule has 3 aromatic rings. The molecular weight excluding hydrogens is 667 g/mol. The molecule has 1 heterocycles.